The fourth-order valence-corrected chi connectivity index (χ4v) is 3.02. The molecule has 1 aromatic heterocycles. The SMILES string of the molecule is CN(C)C(CNC(=O)c1ccc(CN)cc1)c1cccs1.Cl. The van der Waals surface area contributed by atoms with E-state index in [1.807, 2.05) is 44.4 Å². The van der Waals surface area contributed by atoms with E-state index in [0.717, 1.165) is 5.56 Å². The Bertz CT molecular complexity index is 570. The van der Waals surface area contributed by atoms with E-state index in [9.17, 15) is 4.79 Å². The predicted molar refractivity (Wildman–Crippen MR) is 94.7 cm³/mol. The molecule has 2 aromatic rings. The Morgan fingerprint density at radius 3 is 2.45 bits per heavy atom. The number of benzene rings is 1. The van der Waals surface area contributed by atoms with Crippen LogP contribution in [0.2, 0.25) is 0 Å². The molecular weight excluding hydrogens is 318 g/mol. The minimum absolute atomic E-state index is 0. The third-order valence-electron chi connectivity index (χ3n) is 3.40. The Kier molecular flexibility index (Phi) is 7.55. The number of nitrogens with two attached hydrogens (primary N) is 1. The van der Waals surface area contributed by atoms with Gasteiger partial charge in [-0.25, -0.2) is 0 Å². The molecule has 6 heteroatoms. The van der Waals surface area contributed by atoms with E-state index in [4.69, 9.17) is 5.73 Å². The van der Waals surface area contributed by atoms with Crippen LogP contribution in [0.5, 0.6) is 0 Å². The molecular formula is C16H22ClN3OS. The topological polar surface area (TPSA) is 58.4 Å². The molecule has 0 spiro atoms. The molecule has 3 N–H and O–H groups in total. The van der Waals surface area contributed by atoms with Crippen LogP contribution in [0, 0.1) is 0 Å². The van der Waals surface area contributed by atoms with E-state index in [-0.39, 0.29) is 24.4 Å². The minimum Gasteiger partial charge on any atom is -0.350 e. The van der Waals surface area contributed by atoms with E-state index >= 15 is 0 Å². The monoisotopic (exact) mass is 339 g/mol. The van der Waals surface area contributed by atoms with Crippen molar-refractivity contribution in [3.05, 3.63) is 57.8 Å². The largest absolute Gasteiger partial charge is 0.350 e. The van der Waals surface area contributed by atoms with Gasteiger partial charge in [-0.05, 0) is 43.2 Å². The van der Waals surface area contributed by atoms with E-state index in [1.165, 1.54) is 4.88 Å². The number of hydrogen-bond donors (Lipinski definition) is 2. The number of nitrogens with zero attached hydrogens (tertiary/aromatic N) is 1. The number of thiophene rings is 1. The number of hydrogen-bond acceptors (Lipinski definition) is 4. The maximum Gasteiger partial charge on any atom is 0.251 e. The van der Waals surface area contributed by atoms with Crippen LogP contribution in [0.15, 0.2) is 41.8 Å². The van der Waals surface area contributed by atoms with E-state index in [2.05, 4.69) is 21.7 Å². The summed E-state index contributed by atoms with van der Waals surface area (Å²) in [6.45, 7) is 1.08. The lowest BCUT2D eigenvalue weighted by Crippen LogP contribution is -2.34. The van der Waals surface area contributed by atoms with Crippen molar-refractivity contribution in [1.82, 2.24) is 10.2 Å². The van der Waals surface area contributed by atoms with Gasteiger partial charge in [0.15, 0.2) is 0 Å². The Morgan fingerprint density at radius 1 is 1.27 bits per heavy atom. The molecule has 1 atom stereocenters. The zero-order chi connectivity index (χ0) is 15.2. The molecule has 22 heavy (non-hydrogen) atoms. The van der Waals surface area contributed by atoms with Gasteiger partial charge in [0.1, 0.15) is 0 Å². The molecule has 0 aliphatic rings. The van der Waals surface area contributed by atoms with E-state index in [0.29, 0.717) is 18.7 Å². The second-order valence-electron chi connectivity index (χ2n) is 5.11. The van der Waals surface area contributed by atoms with Gasteiger partial charge in [0.25, 0.3) is 5.91 Å². The maximum absolute atomic E-state index is 12.2. The van der Waals surface area contributed by atoms with Gasteiger partial charge < -0.3 is 16.0 Å². The highest BCUT2D eigenvalue weighted by molar-refractivity contribution is 7.10. The van der Waals surface area contributed by atoms with Crippen molar-refractivity contribution in [2.45, 2.75) is 12.6 Å². The van der Waals surface area contributed by atoms with Crippen molar-refractivity contribution in [3.8, 4) is 0 Å². The van der Waals surface area contributed by atoms with Gasteiger partial charge in [-0.2, -0.15) is 0 Å². The molecule has 0 fully saturated rings. The van der Waals surface area contributed by atoms with Crippen molar-refractivity contribution in [3.63, 3.8) is 0 Å². The third-order valence-corrected chi connectivity index (χ3v) is 4.38. The molecule has 0 bridgehead atoms. The van der Waals surface area contributed by atoms with Gasteiger partial charge in [0, 0.05) is 23.5 Å². The predicted octanol–water partition coefficient (Wildman–Crippen LogP) is 2.66. The quantitative estimate of drug-likeness (QED) is 0.850. The molecule has 2 rings (SSSR count). The molecule has 1 heterocycles. The summed E-state index contributed by atoms with van der Waals surface area (Å²) in [5, 5.41) is 5.06. The Morgan fingerprint density at radius 2 is 1.95 bits per heavy atom. The van der Waals surface area contributed by atoms with Crippen molar-refractivity contribution in [2.75, 3.05) is 20.6 Å². The Labute approximate surface area is 141 Å². The maximum atomic E-state index is 12.2. The fraction of sp³-hybridized carbons (Fsp3) is 0.312. The number of nitrogens with one attached hydrogen (secondary N) is 1. The van der Waals surface area contributed by atoms with Crippen LogP contribution in [0.25, 0.3) is 0 Å². The summed E-state index contributed by atoms with van der Waals surface area (Å²) in [5.74, 6) is -0.0537. The van der Waals surface area contributed by atoms with Gasteiger partial charge in [-0.1, -0.05) is 18.2 Å². The average molecular weight is 340 g/mol. The van der Waals surface area contributed by atoms with Crippen molar-refractivity contribution < 1.29 is 4.79 Å². The molecule has 0 saturated heterocycles. The van der Waals surface area contributed by atoms with Gasteiger partial charge in [-0.15, -0.1) is 23.7 Å². The zero-order valence-electron chi connectivity index (χ0n) is 12.8. The fourth-order valence-electron chi connectivity index (χ4n) is 2.10. The summed E-state index contributed by atoms with van der Waals surface area (Å²) in [6, 6.07) is 11.7. The Hall–Kier alpha value is -1.40. The normalized spacial score (nSPS) is 11.8. The number of rotatable bonds is 6. The average Bonchev–Trinajstić information content (AvgIpc) is 3.01. The molecule has 0 radical (unpaired) electrons. The highest BCUT2D eigenvalue weighted by Gasteiger charge is 2.16. The number of carbonyl (C=O) groups is 1. The van der Waals surface area contributed by atoms with Crippen LogP contribution in [-0.2, 0) is 6.54 Å². The van der Waals surface area contributed by atoms with Crippen LogP contribution >= 0.6 is 23.7 Å². The summed E-state index contributed by atoms with van der Waals surface area (Å²) in [4.78, 5) is 15.5. The van der Waals surface area contributed by atoms with E-state index in [1.54, 1.807) is 11.3 Å². The van der Waals surface area contributed by atoms with E-state index < -0.39 is 0 Å². The Balaban J connectivity index is 0.00000242. The first-order valence-electron chi connectivity index (χ1n) is 6.89. The first-order valence-corrected chi connectivity index (χ1v) is 7.77. The molecule has 0 aliphatic carbocycles. The van der Waals surface area contributed by atoms with Gasteiger partial charge >= 0.3 is 0 Å². The van der Waals surface area contributed by atoms with Crippen molar-refractivity contribution in [1.29, 1.82) is 0 Å². The lowest BCUT2D eigenvalue weighted by molar-refractivity contribution is 0.0942. The summed E-state index contributed by atoms with van der Waals surface area (Å²) in [5.41, 5.74) is 7.24. The highest BCUT2D eigenvalue weighted by Crippen LogP contribution is 2.22. The summed E-state index contributed by atoms with van der Waals surface area (Å²) in [6.07, 6.45) is 0. The third kappa shape index (κ3) is 4.81. The lowest BCUT2D eigenvalue weighted by Gasteiger charge is -2.23. The van der Waals surface area contributed by atoms with Gasteiger partial charge in [0.05, 0.1) is 6.04 Å². The van der Waals surface area contributed by atoms with Gasteiger partial charge in [0.2, 0.25) is 0 Å². The second-order valence-corrected chi connectivity index (χ2v) is 6.09. The molecule has 1 aromatic carbocycles. The molecule has 0 aliphatic heterocycles. The minimum atomic E-state index is -0.0537. The molecule has 4 nitrogen and oxygen atoms in total. The smallest absolute Gasteiger partial charge is 0.251 e. The number of likely N-dealkylation sites (N-methyl/N-ethyl adjacent to an activating group) is 1. The van der Waals surface area contributed by atoms with Crippen molar-refractivity contribution in [2.24, 2.45) is 5.73 Å². The lowest BCUT2D eigenvalue weighted by atomic mass is 10.1. The highest BCUT2D eigenvalue weighted by atomic mass is 35.5. The molecule has 120 valence electrons. The van der Waals surface area contributed by atoms with Crippen LogP contribution in [0.4, 0.5) is 0 Å². The van der Waals surface area contributed by atoms with Crippen LogP contribution in [0.3, 0.4) is 0 Å². The number of carbonyl (C=O) groups excluding carboxylic acids is 1. The second kappa shape index (κ2) is 8.90. The molecule has 0 saturated carbocycles. The van der Waals surface area contributed by atoms with Gasteiger partial charge in [-0.3, -0.25) is 4.79 Å². The first kappa shape index (κ1) is 18.6. The number of amides is 1. The summed E-state index contributed by atoms with van der Waals surface area (Å²) >= 11 is 1.70. The zero-order valence-corrected chi connectivity index (χ0v) is 14.4. The molecule has 1 amide bonds. The van der Waals surface area contributed by atoms with Crippen LogP contribution in [-0.4, -0.2) is 31.4 Å². The van der Waals surface area contributed by atoms with Crippen LogP contribution in [0.1, 0.15) is 26.8 Å². The van der Waals surface area contributed by atoms with Crippen LogP contribution < -0.4 is 11.1 Å². The summed E-state index contributed by atoms with van der Waals surface area (Å²) < 4.78 is 0. The first-order chi connectivity index (χ1) is 10.1. The molecule has 1 unspecified atom stereocenters. The standard InChI is InChI=1S/C16H21N3OS.ClH/c1-19(2)14(15-4-3-9-21-15)11-18-16(20)13-7-5-12(10-17)6-8-13;/h3-9,14H,10-11,17H2,1-2H3,(H,18,20);1H. The number of halogens is 1. The van der Waals surface area contributed by atoms with Crippen molar-refractivity contribution >= 4 is 29.7 Å². The summed E-state index contributed by atoms with van der Waals surface area (Å²) in [7, 11) is 4.04.